The Morgan fingerprint density at radius 2 is 1.95 bits per heavy atom. The number of carboxylic acid groups (broad SMARTS) is 1. The maximum absolute atomic E-state index is 12.0. The molecule has 1 aliphatic rings. The van der Waals surface area contributed by atoms with Gasteiger partial charge in [0, 0.05) is 19.1 Å². The van der Waals surface area contributed by atoms with Gasteiger partial charge >= 0.3 is 12.0 Å². The maximum atomic E-state index is 12.0. The molecule has 0 radical (unpaired) electrons. The van der Waals surface area contributed by atoms with Gasteiger partial charge in [-0.05, 0) is 25.2 Å². The van der Waals surface area contributed by atoms with Crippen molar-refractivity contribution in [2.75, 3.05) is 13.1 Å². The number of nitrogens with one attached hydrogen (secondary N) is 1. The first kappa shape index (κ1) is 15.8. The molecule has 2 amide bonds. The summed E-state index contributed by atoms with van der Waals surface area (Å²) in [6.45, 7) is 5.66. The lowest BCUT2D eigenvalue weighted by Gasteiger charge is -2.33. The lowest BCUT2D eigenvalue weighted by atomic mass is 9.93. The minimum atomic E-state index is -0.867. The predicted octanol–water partition coefficient (Wildman–Crippen LogP) is 2.46. The summed E-state index contributed by atoms with van der Waals surface area (Å²) in [5, 5.41) is 11.6. The molecular weight excluding hydrogens is 244 g/mol. The Hall–Kier alpha value is -1.26. The summed E-state index contributed by atoms with van der Waals surface area (Å²) < 4.78 is 0. The number of nitrogens with zero attached hydrogens (tertiary/aromatic N) is 1. The largest absolute Gasteiger partial charge is 0.481 e. The highest BCUT2D eigenvalue weighted by atomic mass is 16.4. The molecule has 1 unspecified atom stereocenters. The number of urea groups is 1. The van der Waals surface area contributed by atoms with E-state index in [2.05, 4.69) is 12.2 Å². The molecule has 1 aliphatic heterocycles. The van der Waals surface area contributed by atoms with Crippen LogP contribution >= 0.6 is 0 Å². The lowest BCUT2D eigenvalue weighted by Crippen LogP contribution is -2.48. The Morgan fingerprint density at radius 1 is 1.32 bits per heavy atom. The minimum absolute atomic E-state index is 0.00542. The Bertz CT molecular complexity index is 299. The topological polar surface area (TPSA) is 69.6 Å². The summed E-state index contributed by atoms with van der Waals surface area (Å²) in [5.41, 5.74) is 0. The molecule has 0 saturated carbocycles. The van der Waals surface area contributed by atoms with Crippen LogP contribution in [0.1, 0.15) is 52.4 Å². The molecule has 0 spiro atoms. The van der Waals surface area contributed by atoms with Gasteiger partial charge in [-0.2, -0.15) is 0 Å². The summed E-state index contributed by atoms with van der Waals surface area (Å²) in [5.74, 6) is -0.121. The average molecular weight is 270 g/mol. The van der Waals surface area contributed by atoms with Crippen molar-refractivity contribution in [3.63, 3.8) is 0 Å². The molecule has 1 fully saturated rings. The third-order valence-corrected chi connectivity index (χ3v) is 3.84. The van der Waals surface area contributed by atoms with E-state index in [0.717, 1.165) is 31.8 Å². The Labute approximate surface area is 115 Å². The second-order valence-electron chi connectivity index (χ2n) is 5.37. The standard InChI is InChI=1S/C14H26N2O3/c1-3-5-11-6-8-16(9-7-11)14(19)15-12(4-2)10-13(17)18/h11-12H,3-10H2,1-2H3,(H,15,19)(H,17,18). The van der Waals surface area contributed by atoms with Crippen LogP contribution < -0.4 is 5.32 Å². The van der Waals surface area contributed by atoms with Crippen LogP contribution in [0.3, 0.4) is 0 Å². The fraction of sp³-hybridized carbons (Fsp3) is 0.857. The molecule has 2 N–H and O–H groups in total. The average Bonchev–Trinajstić information content (AvgIpc) is 2.38. The van der Waals surface area contributed by atoms with Crippen molar-refractivity contribution < 1.29 is 14.7 Å². The molecule has 1 atom stereocenters. The van der Waals surface area contributed by atoms with Gasteiger partial charge < -0.3 is 15.3 Å². The van der Waals surface area contributed by atoms with Gasteiger partial charge in [0.15, 0.2) is 0 Å². The van der Waals surface area contributed by atoms with Gasteiger partial charge in [-0.3, -0.25) is 4.79 Å². The van der Waals surface area contributed by atoms with E-state index < -0.39 is 5.97 Å². The van der Waals surface area contributed by atoms with Crippen LogP contribution in [-0.2, 0) is 4.79 Å². The number of likely N-dealkylation sites (tertiary alicyclic amines) is 1. The number of piperidine rings is 1. The first-order valence-electron chi connectivity index (χ1n) is 7.34. The molecule has 5 nitrogen and oxygen atoms in total. The highest BCUT2D eigenvalue weighted by Crippen LogP contribution is 2.21. The van der Waals surface area contributed by atoms with Crippen LogP contribution in [0.2, 0.25) is 0 Å². The highest BCUT2D eigenvalue weighted by Gasteiger charge is 2.24. The third-order valence-electron chi connectivity index (χ3n) is 3.84. The summed E-state index contributed by atoms with van der Waals surface area (Å²) in [7, 11) is 0. The summed E-state index contributed by atoms with van der Waals surface area (Å²) in [6, 6.07) is -0.374. The van der Waals surface area contributed by atoms with Gasteiger partial charge in [0.25, 0.3) is 0 Å². The van der Waals surface area contributed by atoms with Crippen LogP contribution in [0.25, 0.3) is 0 Å². The van der Waals surface area contributed by atoms with E-state index >= 15 is 0 Å². The van der Waals surface area contributed by atoms with E-state index in [1.54, 1.807) is 0 Å². The van der Waals surface area contributed by atoms with E-state index in [9.17, 15) is 9.59 Å². The van der Waals surface area contributed by atoms with Gasteiger partial charge in [0.1, 0.15) is 0 Å². The highest BCUT2D eigenvalue weighted by molar-refractivity contribution is 5.76. The zero-order valence-corrected chi connectivity index (χ0v) is 12.0. The van der Waals surface area contributed by atoms with Gasteiger partial charge in [-0.25, -0.2) is 4.79 Å². The van der Waals surface area contributed by atoms with Crippen LogP contribution in [0.15, 0.2) is 0 Å². The van der Waals surface area contributed by atoms with Crippen molar-refractivity contribution in [3.05, 3.63) is 0 Å². The second-order valence-corrected chi connectivity index (χ2v) is 5.37. The zero-order valence-electron chi connectivity index (χ0n) is 12.0. The quantitative estimate of drug-likeness (QED) is 0.779. The third kappa shape index (κ3) is 5.49. The van der Waals surface area contributed by atoms with E-state index in [4.69, 9.17) is 5.11 Å². The van der Waals surface area contributed by atoms with Crippen LogP contribution in [0.5, 0.6) is 0 Å². The maximum Gasteiger partial charge on any atom is 0.317 e. The first-order valence-corrected chi connectivity index (χ1v) is 7.34. The molecule has 0 aliphatic carbocycles. The van der Waals surface area contributed by atoms with Gasteiger partial charge in [-0.1, -0.05) is 26.7 Å². The lowest BCUT2D eigenvalue weighted by molar-refractivity contribution is -0.137. The van der Waals surface area contributed by atoms with Crippen molar-refractivity contribution in [1.29, 1.82) is 0 Å². The van der Waals surface area contributed by atoms with E-state index in [1.807, 2.05) is 11.8 Å². The monoisotopic (exact) mass is 270 g/mol. The van der Waals surface area contributed by atoms with Crippen molar-refractivity contribution in [3.8, 4) is 0 Å². The fourth-order valence-corrected chi connectivity index (χ4v) is 2.61. The fourth-order valence-electron chi connectivity index (χ4n) is 2.61. The number of carboxylic acids is 1. The number of rotatable bonds is 6. The molecule has 0 bridgehead atoms. The smallest absolute Gasteiger partial charge is 0.317 e. The van der Waals surface area contributed by atoms with Crippen LogP contribution in [0.4, 0.5) is 4.79 Å². The van der Waals surface area contributed by atoms with Crippen LogP contribution in [0, 0.1) is 5.92 Å². The van der Waals surface area contributed by atoms with E-state index in [-0.39, 0.29) is 18.5 Å². The molecule has 0 aromatic carbocycles. The van der Waals surface area contributed by atoms with Crippen molar-refractivity contribution in [2.24, 2.45) is 5.92 Å². The van der Waals surface area contributed by atoms with Crippen molar-refractivity contribution in [1.82, 2.24) is 10.2 Å². The molecule has 1 heterocycles. The van der Waals surface area contributed by atoms with Gasteiger partial charge in [0.2, 0.25) is 0 Å². The second kappa shape index (κ2) is 8.02. The molecule has 1 rings (SSSR count). The molecule has 0 aromatic rings. The van der Waals surface area contributed by atoms with Crippen molar-refractivity contribution >= 4 is 12.0 Å². The summed E-state index contributed by atoms with van der Waals surface area (Å²) >= 11 is 0. The number of amides is 2. The molecular formula is C14H26N2O3. The van der Waals surface area contributed by atoms with Gasteiger partial charge in [0.05, 0.1) is 6.42 Å². The summed E-state index contributed by atoms with van der Waals surface area (Å²) in [6.07, 6.45) is 5.21. The molecule has 5 heteroatoms. The Kier molecular flexibility index (Phi) is 6.67. The molecule has 110 valence electrons. The van der Waals surface area contributed by atoms with Crippen LogP contribution in [-0.4, -0.2) is 41.1 Å². The van der Waals surface area contributed by atoms with Gasteiger partial charge in [-0.15, -0.1) is 0 Å². The van der Waals surface area contributed by atoms with E-state index in [0.29, 0.717) is 6.42 Å². The molecule has 1 saturated heterocycles. The molecule has 19 heavy (non-hydrogen) atoms. The normalized spacial score (nSPS) is 18.1. The molecule has 0 aromatic heterocycles. The SMILES string of the molecule is CCCC1CCN(C(=O)NC(CC)CC(=O)O)CC1. The number of aliphatic carboxylic acids is 1. The summed E-state index contributed by atoms with van der Waals surface area (Å²) in [4.78, 5) is 24.5. The zero-order chi connectivity index (χ0) is 14.3. The first-order chi connectivity index (χ1) is 9.06. The minimum Gasteiger partial charge on any atom is -0.481 e. The predicted molar refractivity (Wildman–Crippen MR) is 74.1 cm³/mol. The number of carbonyl (C=O) groups is 2. The Balaban J connectivity index is 2.35. The van der Waals surface area contributed by atoms with Crippen molar-refractivity contribution in [2.45, 2.75) is 58.4 Å². The Morgan fingerprint density at radius 3 is 2.42 bits per heavy atom. The number of hydrogen-bond donors (Lipinski definition) is 2. The number of hydrogen-bond acceptors (Lipinski definition) is 2. The number of carbonyl (C=O) groups excluding carboxylic acids is 1. The van der Waals surface area contributed by atoms with E-state index in [1.165, 1.54) is 12.8 Å².